The van der Waals surface area contributed by atoms with Crippen LogP contribution in [-0.2, 0) is 6.42 Å². The Labute approximate surface area is 151 Å². The Balaban J connectivity index is 1.69. The second-order valence-electron chi connectivity index (χ2n) is 5.47. The van der Waals surface area contributed by atoms with E-state index in [9.17, 15) is 4.79 Å². The molecule has 0 heterocycles. The largest absolute Gasteiger partial charge is 0.322 e. The fraction of sp³-hybridized carbons (Fsp3) is 0.0500. The molecule has 0 aliphatic heterocycles. The van der Waals surface area contributed by atoms with Gasteiger partial charge in [0, 0.05) is 21.3 Å². The zero-order valence-electron chi connectivity index (χ0n) is 12.8. The number of hydrogen-bond acceptors (Lipinski definition) is 1. The zero-order chi connectivity index (χ0) is 16.9. The third-order valence-corrected chi connectivity index (χ3v) is 4.02. The van der Waals surface area contributed by atoms with Crippen molar-refractivity contribution in [3.05, 3.63) is 99.5 Å². The van der Waals surface area contributed by atoms with E-state index >= 15 is 0 Å². The van der Waals surface area contributed by atoms with E-state index in [1.165, 1.54) is 5.56 Å². The SMILES string of the molecule is O=C(Nc1cc(Cl)cc(Cl)c1)c1ccc(Cc2ccccc2)cc1. The first-order valence-electron chi connectivity index (χ1n) is 7.50. The summed E-state index contributed by atoms with van der Waals surface area (Å²) in [6.45, 7) is 0. The van der Waals surface area contributed by atoms with Gasteiger partial charge in [0.15, 0.2) is 0 Å². The second-order valence-corrected chi connectivity index (χ2v) is 6.34. The van der Waals surface area contributed by atoms with Gasteiger partial charge in [-0.2, -0.15) is 0 Å². The lowest BCUT2D eigenvalue weighted by molar-refractivity contribution is 0.102. The summed E-state index contributed by atoms with van der Waals surface area (Å²) in [5, 5.41) is 3.77. The Bertz CT molecular complexity index is 825. The van der Waals surface area contributed by atoms with Crippen molar-refractivity contribution in [1.82, 2.24) is 0 Å². The van der Waals surface area contributed by atoms with Crippen molar-refractivity contribution in [3.8, 4) is 0 Å². The number of carbonyl (C=O) groups is 1. The van der Waals surface area contributed by atoms with Crippen molar-refractivity contribution in [2.75, 3.05) is 5.32 Å². The maximum atomic E-state index is 12.3. The average molecular weight is 356 g/mol. The topological polar surface area (TPSA) is 29.1 Å². The smallest absolute Gasteiger partial charge is 0.255 e. The highest BCUT2D eigenvalue weighted by molar-refractivity contribution is 6.35. The Morgan fingerprint density at radius 2 is 1.38 bits per heavy atom. The summed E-state index contributed by atoms with van der Waals surface area (Å²) in [5.74, 6) is -0.195. The molecular formula is C20H15Cl2NO. The maximum absolute atomic E-state index is 12.3. The van der Waals surface area contributed by atoms with E-state index in [0.717, 1.165) is 12.0 Å². The highest BCUT2D eigenvalue weighted by Gasteiger charge is 2.07. The first-order valence-corrected chi connectivity index (χ1v) is 8.26. The Morgan fingerprint density at radius 3 is 2.00 bits per heavy atom. The molecule has 0 unspecified atom stereocenters. The number of halogens is 2. The zero-order valence-corrected chi connectivity index (χ0v) is 14.3. The van der Waals surface area contributed by atoms with Crippen molar-refractivity contribution < 1.29 is 4.79 Å². The van der Waals surface area contributed by atoms with E-state index in [1.54, 1.807) is 18.2 Å². The molecule has 4 heteroatoms. The van der Waals surface area contributed by atoms with Gasteiger partial charge in [0.1, 0.15) is 0 Å². The van der Waals surface area contributed by atoms with Gasteiger partial charge in [-0.25, -0.2) is 0 Å². The van der Waals surface area contributed by atoms with Gasteiger partial charge in [-0.3, -0.25) is 4.79 Å². The van der Waals surface area contributed by atoms with Gasteiger partial charge < -0.3 is 5.32 Å². The predicted octanol–water partition coefficient (Wildman–Crippen LogP) is 5.84. The molecule has 0 radical (unpaired) electrons. The molecule has 2 nitrogen and oxygen atoms in total. The van der Waals surface area contributed by atoms with Gasteiger partial charge in [0.25, 0.3) is 5.91 Å². The van der Waals surface area contributed by atoms with E-state index in [0.29, 0.717) is 21.3 Å². The molecule has 3 rings (SSSR count). The van der Waals surface area contributed by atoms with Crippen molar-refractivity contribution >= 4 is 34.8 Å². The third kappa shape index (κ3) is 4.38. The first-order chi connectivity index (χ1) is 11.6. The van der Waals surface area contributed by atoms with Crippen LogP contribution in [0.2, 0.25) is 10.0 Å². The van der Waals surface area contributed by atoms with Crippen LogP contribution in [0, 0.1) is 0 Å². The van der Waals surface area contributed by atoms with Crippen LogP contribution in [0.1, 0.15) is 21.5 Å². The molecule has 0 spiro atoms. The monoisotopic (exact) mass is 355 g/mol. The summed E-state index contributed by atoms with van der Waals surface area (Å²) in [5.41, 5.74) is 3.56. The summed E-state index contributed by atoms with van der Waals surface area (Å²) >= 11 is 11.9. The molecule has 0 atom stereocenters. The molecule has 0 aromatic heterocycles. The number of rotatable bonds is 4. The third-order valence-electron chi connectivity index (χ3n) is 3.59. The van der Waals surface area contributed by atoms with Gasteiger partial charge in [-0.1, -0.05) is 65.7 Å². The molecular weight excluding hydrogens is 341 g/mol. The Morgan fingerprint density at radius 1 is 0.792 bits per heavy atom. The van der Waals surface area contributed by atoms with Gasteiger partial charge >= 0.3 is 0 Å². The molecule has 3 aromatic rings. The van der Waals surface area contributed by atoms with Crippen LogP contribution < -0.4 is 5.32 Å². The molecule has 0 aliphatic carbocycles. The Kier molecular flexibility index (Phi) is 5.19. The quantitative estimate of drug-likeness (QED) is 0.625. The van der Waals surface area contributed by atoms with Crippen LogP contribution in [0.4, 0.5) is 5.69 Å². The number of benzene rings is 3. The van der Waals surface area contributed by atoms with E-state index < -0.39 is 0 Å². The Hall–Kier alpha value is -2.29. The number of hydrogen-bond donors (Lipinski definition) is 1. The summed E-state index contributed by atoms with van der Waals surface area (Å²) in [7, 11) is 0. The molecule has 0 fully saturated rings. The average Bonchev–Trinajstić information content (AvgIpc) is 2.55. The number of nitrogens with one attached hydrogen (secondary N) is 1. The molecule has 0 saturated heterocycles. The van der Waals surface area contributed by atoms with Crippen LogP contribution in [0.3, 0.4) is 0 Å². The predicted molar refractivity (Wildman–Crippen MR) is 100 cm³/mol. The molecule has 0 bridgehead atoms. The highest BCUT2D eigenvalue weighted by atomic mass is 35.5. The van der Waals surface area contributed by atoms with Gasteiger partial charge in [0.05, 0.1) is 0 Å². The van der Waals surface area contributed by atoms with Gasteiger partial charge in [-0.05, 0) is 47.9 Å². The second kappa shape index (κ2) is 7.52. The van der Waals surface area contributed by atoms with Crippen LogP contribution in [0.15, 0.2) is 72.8 Å². The van der Waals surface area contributed by atoms with Crippen molar-refractivity contribution in [1.29, 1.82) is 0 Å². The maximum Gasteiger partial charge on any atom is 0.255 e. The number of carbonyl (C=O) groups excluding carboxylic acids is 1. The lowest BCUT2D eigenvalue weighted by atomic mass is 10.0. The van der Waals surface area contributed by atoms with Gasteiger partial charge in [0.2, 0.25) is 0 Å². The van der Waals surface area contributed by atoms with Crippen LogP contribution >= 0.6 is 23.2 Å². The minimum atomic E-state index is -0.195. The molecule has 1 N–H and O–H groups in total. The van der Waals surface area contributed by atoms with Crippen LogP contribution in [0.5, 0.6) is 0 Å². The standard InChI is InChI=1S/C20H15Cl2NO/c21-17-11-18(22)13-19(12-17)23-20(24)16-8-6-15(7-9-16)10-14-4-2-1-3-5-14/h1-9,11-13H,10H2,(H,23,24). The van der Waals surface area contributed by atoms with E-state index in [-0.39, 0.29) is 5.91 Å². The summed E-state index contributed by atoms with van der Waals surface area (Å²) < 4.78 is 0. The number of amides is 1. The summed E-state index contributed by atoms with van der Waals surface area (Å²) in [6.07, 6.45) is 0.840. The van der Waals surface area contributed by atoms with Crippen molar-refractivity contribution in [3.63, 3.8) is 0 Å². The molecule has 1 amide bonds. The van der Waals surface area contributed by atoms with Gasteiger partial charge in [-0.15, -0.1) is 0 Å². The van der Waals surface area contributed by atoms with E-state index in [2.05, 4.69) is 17.4 Å². The summed E-state index contributed by atoms with van der Waals surface area (Å²) in [4.78, 5) is 12.3. The molecule has 0 aliphatic rings. The fourth-order valence-corrected chi connectivity index (χ4v) is 2.96. The minimum absolute atomic E-state index is 0.195. The lowest BCUT2D eigenvalue weighted by Gasteiger charge is -2.07. The fourth-order valence-electron chi connectivity index (χ4n) is 2.43. The minimum Gasteiger partial charge on any atom is -0.322 e. The molecule has 120 valence electrons. The molecule has 3 aromatic carbocycles. The molecule has 0 saturated carbocycles. The summed E-state index contributed by atoms with van der Waals surface area (Å²) in [6, 6.07) is 22.7. The van der Waals surface area contributed by atoms with Crippen molar-refractivity contribution in [2.45, 2.75) is 6.42 Å². The highest BCUT2D eigenvalue weighted by Crippen LogP contribution is 2.23. The van der Waals surface area contributed by atoms with Crippen LogP contribution in [-0.4, -0.2) is 5.91 Å². The number of anilines is 1. The van der Waals surface area contributed by atoms with E-state index in [1.807, 2.05) is 42.5 Å². The van der Waals surface area contributed by atoms with Crippen molar-refractivity contribution in [2.24, 2.45) is 0 Å². The van der Waals surface area contributed by atoms with E-state index in [4.69, 9.17) is 23.2 Å². The normalized spacial score (nSPS) is 10.4. The first kappa shape index (κ1) is 16.6. The molecule has 24 heavy (non-hydrogen) atoms. The lowest BCUT2D eigenvalue weighted by Crippen LogP contribution is -2.11. The van der Waals surface area contributed by atoms with Crippen LogP contribution in [0.25, 0.3) is 0 Å².